The van der Waals surface area contributed by atoms with Crippen molar-refractivity contribution in [1.82, 2.24) is 24.3 Å². The average molecular weight is 463 g/mol. The lowest BCUT2D eigenvalue weighted by Gasteiger charge is -2.31. The van der Waals surface area contributed by atoms with Crippen LogP contribution >= 0.6 is 0 Å². The number of methoxy groups -OCH3 is 1. The van der Waals surface area contributed by atoms with Gasteiger partial charge in [-0.25, -0.2) is 23.4 Å². The zero-order chi connectivity index (χ0) is 23.9. The van der Waals surface area contributed by atoms with Crippen molar-refractivity contribution in [2.45, 2.75) is 31.9 Å². The van der Waals surface area contributed by atoms with Crippen molar-refractivity contribution in [1.29, 1.82) is 0 Å². The highest BCUT2D eigenvalue weighted by Crippen LogP contribution is 2.37. The molecule has 2 aromatic carbocycles. The summed E-state index contributed by atoms with van der Waals surface area (Å²) in [5.41, 5.74) is 1.15. The summed E-state index contributed by atoms with van der Waals surface area (Å²) in [5.74, 6) is -0.154. The van der Waals surface area contributed by atoms with Gasteiger partial charge < -0.3 is 14.4 Å². The summed E-state index contributed by atoms with van der Waals surface area (Å²) in [6.45, 7) is 2.48. The molecule has 1 aliphatic rings. The number of halogens is 2. The van der Waals surface area contributed by atoms with Gasteiger partial charge in [-0.05, 0) is 61.2 Å². The van der Waals surface area contributed by atoms with Crippen LogP contribution in [0.25, 0.3) is 17.8 Å². The average Bonchev–Trinajstić information content (AvgIpc) is 3.44. The van der Waals surface area contributed by atoms with Gasteiger partial charge in [-0.3, -0.25) is 0 Å². The van der Waals surface area contributed by atoms with Crippen LogP contribution in [0.5, 0.6) is 5.75 Å². The minimum absolute atomic E-state index is 0.129. The van der Waals surface area contributed by atoms with Crippen LogP contribution < -0.4 is 4.74 Å². The van der Waals surface area contributed by atoms with Gasteiger partial charge in [0.2, 0.25) is 0 Å². The number of benzene rings is 2. The van der Waals surface area contributed by atoms with Gasteiger partial charge in [-0.15, -0.1) is 0 Å². The van der Waals surface area contributed by atoms with E-state index in [1.54, 1.807) is 24.2 Å². The molecule has 5 rings (SSSR count). The number of aromatic nitrogens is 5. The first kappa shape index (κ1) is 22.0. The Hall–Kier alpha value is -3.85. The Morgan fingerprint density at radius 1 is 1.12 bits per heavy atom. The second-order valence-corrected chi connectivity index (χ2v) is 8.33. The Morgan fingerprint density at radius 2 is 1.91 bits per heavy atom. The van der Waals surface area contributed by atoms with Gasteiger partial charge in [-0.2, -0.15) is 5.10 Å². The molecule has 0 saturated heterocycles. The first-order chi connectivity index (χ1) is 16.4. The Kier molecular flexibility index (Phi) is 5.49. The molecule has 7 nitrogen and oxygen atoms in total. The fourth-order valence-electron chi connectivity index (χ4n) is 4.29. The molecule has 0 amide bonds. The van der Waals surface area contributed by atoms with E-state index >= 15 is 0 Å². The van der Waals surface area contributed by atoms with E-state index in [9.17, 15) is 13.9 Å². The summed E-state index contributed by atoms with van der Waals surface area (Å²) in [6, 6.07) is 8.82. The van der Waals surface area contributed by atoms with Gasteiger partial charge in [0.05, 0.1) is 24.8 Å². The number of hydrogen-bond donors (Lipinski definition) is 1. The second-order valence-electron chi connectivity index (χ2n) is 8.33. The number of fused-ring (bicyclic) bond motifs is 1. The lowest BCUT2D eigenvalue weighted by Crippen LogP contribution is -2.35. The molecule has 0 saturated carbocycles. The predicted octanol–water partition coefficient (Wildman–Crippen LogP) is 4.26. The number of aliphatic hydroxyl groups is 1. The summed E-state index contributed by atoms with van der Waals surface area (Å²) in [6.07, 6.45) is 8.11. The monoisotopic (exact) mass is 463 g/mol. The van der Waals surface area contributed by atoms with E-state index in [2.05, 4.69) is 15.1 Å². The summed E-state index contributed by atoms with van der Waals surface area (Å²) in [4.78, 5) is 8.75. The maximum absolute atomic E-state index is 13.8. The molecule has 174 valence electrons. The van der Waals surface area contributed by atoms with Gasteiger partial charge in [-0.1, -0.05) is 12.1 Å². The molecule has 0 unspecified atom stereocenters. The zero-order valence-corrected chi connectivity index (χ0v) is 18.7. The van der Waals surface area contributed by atoms with Gasteiger partial charge in [0, 0.05) is 18.8 Å². The van der Waals surface area contributed by atoms with Crippen LogP contribution in [0.4, 0.5) is 8.78 Å². The largest absolute Gasteiger partial charge is 0.495 e. The van der Waals surface area contributed by atoms with Gasteiger partial charge in [0.25, 0.3) is 0 Å². The summed E-state index contributed by atoms with van der Waals surface area (Å²) in [7, 11) is 1.61. The van der Waals surface area contributed by atoms with Crippen LogP contribution in [0.15, 0.2) is 48.9 Å². The third-order valence-corrected chi connectivity index (χ3v) is 5.93. The Morgan fingerprint density at radius 3 is 2.62 bits per heavy atom. The van der Waals surface area contributed by atoms with Gasteiger partial charge >= 0.3 is 0 Å². The minimum atomic E-state index is -1.62. The van der Waals surface area contributed by atoms with E-state index in [1.807, 2.05) is 42.0 Å². The van der Waals surface area contributed by atoms with Crippen molar-refractivity contribution < 1.29 is 18.6 Å². The van der Waals surface area contributed by atoms with Gasteiger partial charge in [0.1, 0.15) is 23.0 Å². The molecule has 1 N–H and O–H groups in total. The van der Waals surface area contributed by atoms with Crippen molar-refractivity contribution in [3.63, 3.8) is 0 Å². The number of ether oxygens (including phenoxy) is 1. The molecule has 0 radical (unpaired) electrons. The fourth-order valence-corrected chi connectivity index (χ4v) is 4.29. The Balaban J connectivity index is 1.45. The molecule has 9 heteroatoms. The SMILES string of the molecule is COc1cc(C=Cc2nc3n(n2)CCC[C@]3(O)c2cc(F)cc(F)c2)ccc1-n1cnc(C)c1. The van der Waals surface area contributed by atoms with Crippen LogP contribution in [-0.4, -0.2) is 36.5 Å². The van der Waals surface area contributed by atoms with Crippen molar-refractivity contribution in [2.24, 2.45) is 0 Å². The molecule has 1 aliphatic heterocycles. The fraction of sp³-hybridized carbons (Fsp3) is 0.240. The normalized spacial score (nSPS) is 17.8. The third kappa shape index (κ3) is 3.99. The van der Waals surface area contributed by atoms with Crippen molar-refractivity contribution in [3.05, 3.63) is 89.0 Å². The number of aryl methyl sites for hydroxylation is 2. The van der Waals surface area contributed by atoms with Crippen LogP contribution in [0.3, 0.4) is 0 Å². The number of imidazole rings is 1. The molecular weight excluding hydrogens is 440 g/mol. The van der Waals surface area contributed by atoms with Crippen molar-refractivity contribution >= 4 is 12.2 Å². The highest BCUT2D eigenvalue weighted by Gasteiger charge is 2.40. The number of hydrogen-bond acceptors (Lipinski definition) is 5. The quantitative estimate of drug-likeness (QED) is 0.479. The molecule has 3 heterocycles. The van der Waals surface area contributed by atoms with E-state index in [0.29, 0.717) is 31.0 Å². The van der Waals surface area contributed by atoms with E-state index in [-0.39, 0.29) is 11.4 Å². The number of rotatable bonds is 5. The van der Waals surface area contributed by atoms with Crippen LogP contribution in [0, 0.1) is 18.6 Å². The molecule has 0 aliphatic carbocycles. The minimum Gasteiger partial charge on any atom is -0.495 e. The Bertz CT molecular complexity index is 1370. The predicted molar refractivity (Wildman–Crippen MR) is 122 cm³/mol. The molecule has 0 bridgehead atoms. The van der Waals surface area contributed by atoms with E-state index < -0.39 is 17.2 Å². The highest BCUT2D eigenvalue weighted by atomic mass is 19.1. The van der Waals surface area contributed by atoms with Crippen LogP contribution in [0.1, 0.15) is 41.3 Å². The molecule has 0 fully saturated rings. The molecule has 0 spiro atoms. The summed E-state index contributed by atoms with van der Waals surface area (Å²) in [5, 5.41) is 15.8. The first-order valence-corrected chi connectivity index (χ1v) is 10.9. The summed E-state index contributed by atoms with van der Waals surface area (Å²) < 4.78 is 36.7. The maximum Gasteiger partial charge on any atom is 0.174 e. The molecule has 34 heavy (non-hydrogen) atoms. The molecule has 2 aromatic heterocycles. The molecular formula is C25H23F2N5O2. The van der Waals surface area contributed by atoms with E-state index in [4.69, 9.17) is 4.74 Å². The van der Waals surface area contributed by atoms with Gasteiger partial charge in [0.15, 0.2) is 11.6 Å². The van der Waals surface area contributed by atoms with E-state index in [1.165, 1.54) is 0 Å². The maximum atomic E-state index is 13.8. The Labute approximate surface area is 195 Å². The zero-order valence-electron chi connectivity index (χ0n) is 18.7. The molecule has 4 aromatic rings. The molecule has 1 atom stereocenters. The second kappa shape index (κ2) is 8.49. The topological polar surface area (TPSA) is 78.0 Å². The van der Waals surface area contributed by atoms with Crippen molar-refractivity contribution in [2.75, 3.05) is 7.11 Å². The number of nitrogens with zero attached hydrogens (tertiary/aromatic N) is 5. The first-order valence-electron chi connectivity index (χ1n) is 10.9. The third-order valence-electron chi connectivity index (χ3n) is 5.93. The standard InChI is InChI=1S/C25H23F2N5O2/c1-16-14-31(15-28-16)21-6-4-17(10-22(21)34-2)5-7-23-29-24-25(33,8-3-9-32(24)30-23)18-11-19(26)13-20(27)12-18/h4-7,10-15,33H,3,8-9H2,1-2H3/t25-/m0/s1. The smallest absolute Gasteiger partial charge is 0.174 e. The highest BCUT2D eigenvalue weighted by molar-refractivity contribution is 5.69. The van der Waals surface area contributed by atoms with Crippen LogP contribution in [0.2, 0.25) is 0 Å². The lowest BCUT2D eigenvalue weighted by molar-refractivity contribution is 0.0389. The van der Waals surface area contributed by atoms with Crippen LogP contribution in [-0.2, 0) is 12.1 Å². The van der Waals surface area contributed by atoms with Crippen molar-refractivity contribution in [3.8, 4) is 11.4 Å². The van der Waals surface area contributed by atoms with E-state index in [0.717, 1.165) is 35.1 Å². The summed E-state index contributed by atoms with van der Waals surface area (Å²) >= 11 is 0. The lowest BCUT2D eigenvalue weighted by atomic mass is 9.86.